The first-order valence-corrected chi connectivity index (χ1v) is 5.57. The van der Waals surface area contributed by atoms with Crippen molar-refractivity contribution >= 4 is 0 Å². The molecule has 3 rings (SSSR count). The number of hydrogen-bond acceptors (Lipinski definition) is 4. The minimum atomic E-state index is 0.0423. The van der Waals surface area contributed by atoms with Crippen molar-refractivity contribution in [3.8, 4) is 11.5 Å². The van der Waals surface area contributed by atoms with Crippen LogP contribution in [0.25, 0.3) is 0 Å². The number of benzene rings is 1. The molecule has 1 atom stereocenters. The lowest BCUT2D eigenvalue weighted by Crippen LogP contribution is -2.29. The Morgan fingerprint density at radius 3 is 2.94 bits per heavy atom. The molecule has 2 aliphatic rings. The number of rotatable bonds is 2. The summed E-state index contributed by atoms with van der Waals surface area (Å²) in [6.07, 6.45) is 6.19. The van der Waals surface area contributed by atoms with Crippen LogP contribution in [0.2, 0.25) is 0 Å². The van der Waals surface area contributed by atoms with Gasteiger partial charge < -0.3 is 14.3 Å². The zero-order chi connectivity index (χ0) is 11.5. The fraction of sp³-hybridized carbons (Fsp3) is 0.231. The van der Waals surface area contributed by atoms with Crippen LogP contribution in [-0.2, 0) is 4.84 Å². The van der Waals surface area contributed by atoms with Gasteiger partial charge in [0, 0.05) is 12.6 Å². The van der Waals surface area contributed by atoms with E-state index in [0.717, 1.165) is 23.5 Å². The molecule has 17 heavy (non-hydrogen) atoms. The summed E-state index contributed by atoms with van der Waals surface area (Å²) in [6.45, 7) is 0.572. The van der Waals surface area contributed by atoms with Crippen LogP contribution >= 0.6 is 0 Å². The van der Waals surface area contributed by atoms with Gasteiger partial charge in [-0.15, -0.1) is 0 Å². The monoisotopic (exact) mass is 231 g/mol. The van der Waals surface area contributed by atoms with Crippen molar-refractivity contribution in [3.63, 3.8) is 0 Å². The second-order valence-corrected chi connectivity index (χ2v) is 3.96. The van der Waals surface area contributed by atoms with Gasteiger partial charge in [0.25, 0.3) is 0 Å². The number of allylic oxidation sites excluding steroid dienone is 1. The van der Waals surface area contributed by atoms with E-state index in [0.29, 0.717) is 6.61 Å². The molecule has 88 valence electrons. The van der Waals surface area contributed by atoms with Gasteiger partial charge in [0.2, 0.25) is 0 Å². The summed E-state index contributed by atoms with van der Waals surface area (Å²) < 4.78 is 11.5. The Morgan fingerprint density at radius 2 is 2.12 bits per heavy atom. The van der Waals surface area contributed by atoms with Gasteiger partial charge >= 0.3 is 0 Å². The average Bonchev–Trinajstić information content (AvgIpc) is 2.40. The van der Waals surface area contributed by atoms with Gasteiger partial charge in [-0.3, -0.25) is 0 Å². The standard InChI is InChI=1S/C13H13NO3/c1-2-4-13-12(3-1)15-9-11(17-13)7-10-5-6-16-14-8-10/h1-6,8,11,14H,7,9H2. The van der Waals surface area contributed by atoms with E-state index in [4.69, 9.17) is 14.3 Å². The highest BCUT2D eigenvalue weighted by Gasteiger charge is 2.21. The van der Waals surface area contributed by atoms with Crippen molar-refractivity contribution in [1.82, 2.24) is 5.48 Å². The Kier molecular flexibility index (Phi) is 2.62. The van der Waals surface area contributed by atoms with Crippen molar-refractivity contribution in [2.75, 3.05) is 6.61 Å². The van der Waals surface area contributed by atoms with Gasteiger partial charge in [-0.2, -0.15) is 0 Å². The molecule has 1 N–H and O–H groups in total. The van der Waals surface area contributed by atoms with E-state index in [1.165, 1.54) is 0 Å². The maximum atomic E-state index is 5.87. The van der Waals surface area contributed by atoms with E-state index in [1.54, 1.807) is 6.26 Å². The van der Waals surface area contributed by atoms with Crippen LogP contribution in [0.5, 0.6) is 11.5 Å². The van der Waals surface area contributed by atoms with Crippen LogP contribution in [0, 0.1) is 0 Å². The largest absolute Gasteiger partial charge is 0.486 e. The number of hydroxylamine groups is 1. The molecule has 0 fully saturated rings. The Bertz CT molecular complexity index is 467. The fourth-order valence-electron chi connectivity index (χ4n) is 1.87. The highest BCUT2D eigenvalue weighted by atomic mass is 16.6. The molecule has 4 heteroatoms. The van der Waals surface area contributed by atoms with E-state index in [2.05, 4.69) is 5.48 Å². The minimum Gasteiger partial charge on any atom is -0.486 e. The SMILES string of the molecule is C1=CC(CC2COc3ccccc3O2)=CNO1. The lowest BCUT2D eigenvalue weighted by atomic mass is 10.1. The number of nitrogens with one attached hydrogen (secondary N) is 1. The lowest BCUT2D eigenvalue weighted by molar-refractivity contribution is 0.0905. The van der Waals surface area contributed by atoms with Crippen molar-refractivity contribution in [2.24, 2.45) is 0 Å². The molecule has 0 bridgehead atoms. The molecular formula is C13H13NO3. The van der Waals surface area contributed by atoms with Crippen molar-refractivity contribution in [3.05, 3.63) is 48.4 Å². The van der Waals surface area contributed by atoms with E-state index in [1.807, 2.05) is 36.5 Å². The second kappa shape index (κ2) is 4.41. The van der Waals surface area contributed by atoms with Crippen LogP contribution in [0.4, 0.5) is 0 Å². The van der Waals surface area contributed by atoms with E-state index >= 15 is 0 Å². The predicted octanol–water partition coefficient (Wildman–Crippen LogP) is 2.15. The summed E-state index contributed by atoms with van der Waals surface area (Å²) >= 11 is 0. The third-order valence-electron chi connectivity index (χ3n) is 2.69. The van der Waals surface area contributed by atoms with E-state index in [-0.39, 0.29) is 6.10 Å². The first-order valence-electron chi connectivity index (χ1n) is 5.57. The zero-order valence-electron chi connectivity index (χ0n) is 9.26. The molecule has 0 amide bonds. The molecule has 4 nitrogen and oxygen atoms in total. The molecular weight excluding hydrogens is 218 g/mol. The fourth-order valence-corrected chi connectivity index (χ4v) is 1.87. The zero-order valence-corrected chi connectivity index (χ0v) is 9.26. The Labute approximate surface area is 99.4 Å². The summed E-state index contributed by atoms with van der Waals surface area (Å²) in [5, 5.41) is 0. The van der Waals surface area contributed by atoms with E-state index in [9.17, 15) is 0 Å². The minimum absolute atomic E-state index is 0.0423. The van der Waals surface area contributed by atoms with Crippen LogP contribution in [0.15, 0.2) is 48.4 Å². The van der Waals surface area contributed by atoms with Crippen LogP contribution in [0.3, 0.4) is 0 Å². The molecule has 0 saturated carbocycles. The summed E-state index contributed by atoms with van der Waals surface area (Å²) in [5.74, 6) is 1.63. The third kappa shape index (κ3) is 2.20. The van der Waals surface area contributed by atoms with Crippen molar-refractivity contribution < 1.29 is 14.3 Å². The number of hydrogen-bond donors (Lipinski definition) is 1. The van der Waals surface area contributed by atoms with Gasteiger partial charge in [0.1, 0.15) is 19.0 Å². The summed E-state index contributed by atoms with van der Waals surface area (Å²) in [5.41, 5.74) is 3.83. The Morgan fingerprint density at radius 1 is 1.24 bits per heavy atom. The molecule has 2 aliphatic heterocycles. The maximum absolute atomic E-state index is 5.87. The van der Waals surface area contributed by atoms with Gasteiger partial charge in [-0.1, -0.05) is 12.1 Å². The average molecular weight is 231 g/mol. The molecule has 0 saturated heterocycles. The van der Waals surface area contributed by atoms with Crippen LogP contribution < -0.4 is 15.0 Å². The van der Waals surface area contributed by atoms with E-state index < -0.39 is 0 Å². The Hall–Kier alpha value is -2.10. The van der Waals surface area contributed by atoms with Crippen molar-refractivity contribution in [1.29, 1.82) is 0 Å². The number of para-hydroxylation sites is 2. The van der Waals surface area contributed by atoms with Crippen LogP contribution in [0.1, 0.15) is 6.42 Å². The normalized spacial score (nSPS) is 21.2. The molecule has 1 unspecified atom stereocenters. The predicted molar refractivity (Wildman–Crippen MR) is 62.4 cm³/mol. The van der Waals surface area contributed by atoms with Gasteiger partial charge in [-0.05, 0) is 23.8 Å². The highest BCUT2D eigenvalue weighted by molar-refractivity contribution is 5.40. The highest BCUT2D eigenvalue weighted by Crippen LogP contribution is 2.32. The summed E-state index contributed by atoms with van der Waals surface area (Å²) in [6, 6.07) is 7.73. The molecule has 1 aromatic rings. The summed E-state index contributed by atoms with van der Waals surface area (Å²) in [7, 11) is 0. The third-order valence-corrected chi connectivity index (χ3v) is 2.69. The van der Waals surface area contributed by atoms with Gasteiger partial charge in [0.15, 0.2) is 11.5 Å². The first kappa shape index (κ1) is 10.1. The number of fused-ring (bicyclic) bond motifs is 1. The molecule has 0 spiro atoms. The van der Waals surface area contributed by atoms with Gasteiger partial charge in [0.05, 0.1) is 0 Å². The maximum Gasteiger partial charge on any atom is 0.161 e. The van der Waals surface area contributed by atoms with Crippen LogP contribution in [-0.4, -0.2) is 12.7 Å². The number of ether oxygens (including phenoxy) is 2. The molecule has 0 aromatic heterocycles. The van der Waals surface area contributed by atoms with Crippen molar-refractivity contribution in [2.45, 2.75) is 12.5 Å². The first-order chi connectivity index (χ1) is 8.42. The molecule has 0 radical (unpaired) electrons. The quantitative estimate of drug-likeness (QED) is 0.846. The smallest absolute Gasteiger partial charge is 0.161 e. The Balaban J connectivity index is 1.68. The molecule has 2 heterocycles. The summed E-state index contributed by atoms with van der Waals surface area (Å²) in [4.78, 5) is 4.87. The molecule has 0 aliphatic carbocycles. The topological polar surface area (TPSA) is 39.7 Å². The van der Waals surface area contributed by atoms with Gasteiger partial charge in [-0.25, -0.2) is 5.48 Å². The molecule has 1 aromatic carbocycles. The lowest BCUT2D eigenvalue weighted by Gasteiger charge is -2.27. The second-order valence-electron chi connectivity index (χ2n) is 3.96.